The molecule has 8 nitrogen and oxygen atoms in total. The van der Waals surface area contributed by atoms with Gasteiger partial charge in [0.15, 0.2) is 0 Å². The second kappa shape index (κ2) is 26.8. The highest BCUT2D eigenvalue weighted by Gasteiger charge is 2.33. The van der Waals surface area contributed by atoms with E-state index in [0.29, 0.717) is 125 Å². The lowest BCUT2D eigenvalue weighted by Gasteiger charge is -2.14. The average molecular weight is 1500 g/mol. The van der Waals surface area contributed by atoms with Crippen molar-refractivity contribution in [3.8, 4) is 44.5 Å². The van der Waals surface area contributed by atoms with Crippen LogP contribution in [0.3, 0.4) is 0 Å². The number of fused-ring (bicyclic) bond motifs is 12. The lowest BCUT2D eigenvalue weighted by atomic mass is 9.91. The van der Waals surface area contributed by atoms with E-state index in [1.54, 1.807) is 0 Å². The number of benzene rings is 8. The molecule has 104 heavy (non-hydrogen) atoms. The maximum atomic E-state index is 6.91. The molecule has 0 unspecified atom stereocenters. The van der Waals surface area contributed by atoms with Gasteiger partial charge in [-0.25, -0.2) is 29.9 Å². The van der Waals surface area contributed by atoms with E-state index in [9.17, 15) is 0 Å². The number of aromatic amines is 2. The number of nitrogens with one attached hydrogen (secondary N) is 2. The van der Waals surface area contributed by atoms with Crippen LogP contribution in [0.25, 0.3) is 119 Å². The van der Waals surface area contributed by atoms with Gasteiger partial charge in [-0.2, -0.15) is 0 Å². The second-order valence-electron chi connectivity index (χ2n) is 25.3. The lowest BCUT2D eigenvalue weighted by Crippen LogP contribution is -2.04. The van der Waals surface area contributed by atoms with Crippen molar-refractivity contribution >= 4 is 190 Å². The van der Waals surface area contributed by atoms with Crippen molar-refractivity contribution in [2.24, 2.45) is 20.0 Å². The molecule has 0 radical (unpaired) electrons. The molecule has 0 fully saturated rings. The molecule has 0 aliphatic carbocycles. The Morgan fingerprint density at radius 2 is 0.529 bits per heavy atom. The molecule has 0 saturated carbocycles. The Kier molecular flexibility index (Phi) is 16.9. The summed E-state index contributed by atoms with van der Waals surface area (Å²) in [5, 5.41) is 4.62. The van der Waals surface area contributed by atoms with E-state index in [-0.39, 0.29) is 0 Å². The van der Waals surface area contributed by atoms with Crippen LogP contribution in [0.15, 0.2) is 298 Å². The molecule has 0 amide bonds. The minimum atomic E-state index is 0.551. The molecule has 10 heterocycles. The Bertz CT molecular complexity index is 6190. The summed E-state index contributed by atoms with van der Waals surface area (Å²) < 4.78 is 0. The predicted octanol–water partition coefficient (Wildman–Crippen LogP) is 26.1. The van der Waals surface area contributed by atoms with E-state index >= 15 is 0 Å². The van der Waals surface area contributed by atoms with Gasteiger partial charge in [0, 0.05) is 112 Å². The van der Waals surface area contributed by atoms with Crippen LogP contribution in [0.4, 0.5) is 0 Å². The van der Waals surface area contributed by atoms with Crippen LogP contribution < -0.4 is 0 Å². The Morgan fingerprint density at radius 3 is 0.885 bits per heavy atom. The van der Waals surface area contributed by atoms with E-state index in [0.717, 1.165) is 106 Å². The summed E-state index contributed by atoms with van der Waals surface area (Å²) in [5.74, 6) is 0. The fourth-order valence-electron chi connectivity index (χ4n) is 14.2. The molecular formula is C88H48Cl8N8. The zero-order chi connectivity index (χ0) is 70.4. The number of hydrogen-bond donors (Lipinski definition) is 2. The van der Waals surface area contributed by atoms with Gasteiger partial charge < -0.3 is 9.97 Å². The Morgan fingerprint density at radius 1 is 0.240 bits per heavy atom. The van der Waals surface area contributed by atoms with Crippen molar-refractivity contribution in [2.75, 3.05) is 0 Å². The van der Waals surface area contributed by atoms with Gasteiger partial charge >= 0.3 is 0 Å². The van der Waals surface area contributed by atoms with Gasteiger partial charge in [-0.1, -0.05) is 190 Å². The van der Waals surface area contributed by atoms with Crippen LogP contribution in [0.2, 0.25) is 40.2 Å². The molecule has 8 aromatic carbocycles. The summed E-state index contributed by atoms with van der Waals surface area (Å²) in [6, 6.07) is 68.8. The number of nitrogens with zero attached hydrogens (tertiary/aromatic N) is 6. The third kappa shape index (κ3) is 12.2. The standard InChI is InChI=1S/C88H48Cl8N8/c89-55-17-1-47(2-18-55)79-65-33-35-67(97-65)81(49-5-21-57(91)22-6-49)71-41-43-75(101-71)85(53-13-29-61(95)30-14-53)87-63(45-77(103-87)83(73-39-37-69(79)99-73)51-9-25-59(93)26-10-51)64-46-78-84(52-11-27-60(94)28-12-52)74-40-38-70(100-74)80(48-3-19-56(90)20-4-48)66-34-36-68(98-66)82(50-7-23-58(92)24-8-50)72-42-44-76(102-72)86(88(64)104-78)54-15-31-62(96)32-16-54/h1-46,97,103H. The molecule has 7 aliphatic heterocycles. The highest BCUT2D eigenvalue weighted by Crippen LogP contribution is 2.48. The minimum absolute atomic E-state index is 0.551. The van der Waals surface area contributed by atoms with Gasteiger partial charge in [0.1, 0.15) is 0 Å². The molecule has 496 valence electrons. The van der Waals surface area contributed by atoms with E-state index in [4.69, 9.17) is 123 Å². The SMILES string of the molecule is Clc1ccc(C2=C3C=CC(=N3)C(c3ccc(Cl)cc3)=C3C=CC(=N3)C(c3ccc(Cl)cc3)=C3N=C(C=C3c3cc4[nH]c3c(-c3ccc(Cl)cc3)c3nc(c(-c5ccc(Cl)cc5)c5ccc([nH]5)c(-c5ccc(Cl)cc5)c5nc(c4-c4ccc(Cl)cc4)C=C5)C=C3)C(c3ccc(Cl)cc3)=C3C=CC2=N3)cc1. The first-order chi connectivity index (χ1) is 50.7. The first kappa shape index (κ1) is 65.3. The molecule has 3 aromatic heterocycles. The maximum Gasteiger partial charge on any atom is 0.0817 e. The van der Waals surface area contributed by atoms with Crippen molar-refractivity contribution in [1.29, 1.82) is 0 Å². The summed E-state index contributed by atoms with van der Waals surface area (Å²) in [6.45, 7) is 0. The van der Waals surface area contributed by atoms with Gasteiger partial charge in [0.2, 0.25) is 0 Å². The molecular weight excluding hydrogens is 1450 g/mol. The minimum Gasteiger partial charge on any atom is -0.354 e. The van der Waals surface area contributed by atoms with Gasteiger partial charge in [0.25, 0.3) is 0 Å². The molecule has 16 bridgehead atoms. The third-order valence-corrected chi connectivity index (χ3v) is 21.0. The van der Waals surface area contributed by atoms with E-state index in [1.807, 2.05) is 231 Å². The molecule has 18 rings (SSSR count). The summed E-state index contributed by atoms with van der Waals surface area (Å²) in [6.07, 6.45) is 22.7. The number of allylic oxidation sites excluding steroid dienone is 12. The highest BCUT2D eigenvalue weighted by molar-refractivity contribution is 6.43. The molecule has 16 heteroatoms. The fourth-order valence-corrected chi connectivity index (χ4v) is 15.2. The van der Waals surface area contributed by atoms with Gasteiger partial charge in [-0.05, 0) is 227 Å². The summed E-state index contributed by atoms with van der Waals surface area (Å²) in [7, 11) is 0. The average Bonchev–Trinajstić information content (AvgIpc) is 1.58. The van der Waals surface area contributed by atoms with Crippen LogP contribution in [0.5, 0.6) is 0 Å². The number of H-pyrrole nitrogens is 2. The second-order valence-corrected chi connectivity index (χ2v) is 28.8. The number of aliphatic imine (C=N–C) groups is 4. The monoisotopic (exact) mass is 1500 g/mol. The van der Waals surface area contributed by atoms with Crippen LogP contribution in [-0.4, -0.2) is 42.8 Å². The van der Waals surface area contributed by atoms with Crippen LogP contribution in [-0.2, 0) is 0 Å². The van der Waals surface area contributed by atoms with Crippen molar-refractivity contribution < 1.29 is 0 Å². The van der Waals surface area contributed by atoms with E-state index in [1.165, 1.54) is 0 Å². The normalized spacial score (nSPS) is 15.1. The van der Waals surface area contributed by atoms with Crippen molar-refractivity contribution in [2.45, 2.75) is 0 Å². The molecule has 7 aliphatic rings. The van der Waals surface area contributed by atoms with Crippen LogP contribution in [0.1, 0.15) is 50.6 Å². The molecule has 0 atom stereocenters. The van der Waals surface area contributed by atoms with Gasteiger partial charge in [0.05, 0.1) is 73.9 Å². The predicted molar refractivity (Wildman–Crippen MR) is 439 cm³/mol. The van der Waals surface area contributed by atoms with Crippen molar-refractivity contribution in [1.82, 2.24) is 19.9 Å². The molecule has 0 spiro atoms. The molecule has 11 aromatic rings. The van der Waals surface area contributed by atoms with Gasteiger partial charge in [-0.3, -0.25) is 0 Å². The fraction of sp³-hybridized carbons (Fsp3) is 0. The Labute approximate surface area is 637 Å². The smallest absolute Gasteiger partial charge is 0.0817 e. The third-order valence-electron chi connectivity index (χ3n) is 18.9. The van der Waals surface area contributed by atoms with Gasteiger partial charge in [-0.15, -0.1) is 0 Å². The Hall–Kier alpha value is -10.7. The zero-order valence-electron chi connectivity index (χ0n) is 54.3. The van der Waals surface area contributed by atoms with Crippen LogP contribution in [0, 0.1) is 0 Å². The maximum absolute atomic E-state index is 6.91. The number of aromatic nitrogens is 4. The summed E-state index contributed by atoms with van der Waals surface area (Å²) in [5.41, 5.74) is 25.3. The highest BCUT2D eigenvalue weighted by atomic mass is 35.5. The number of hydrogen-bond acceptors (Lipinski definition) is 6. The molecule has 2 N–H and O–H groups in total. The Balaban J connectivity index is 1.03. The topological polar surface area (TPSA) is 107 Å². The van der Waals surface area contributed by atoms with E-state index in [2.05, 4.69) is 58.5 Å². The first-order valence-corrected chi connectivity index (χ1v) is 36.2. The number of halogens is 8. The van der Waals surface area contributed by atoms with Crippen molar-refractivity contribution in [3.05, 3.63) is 368 Å². The lowest BCUT2D eigenvalue weighted by molar-refractivity contribution is 1.31. The largest absolute Gasteiger partial charge is 0.354 e. The zero-order valence-corrected chi connectivity index (χ0v) is 60.3. The molecule has 0 saturated heterocycles. The first-order valence-electron chi connectivity index (χ1n) is 33.1. The summed E-state index contributed by atoms with van der Waals surface area (Å²) in [4.78, 5) is 42.3. The quantitative estimate of drug-likeness (QED) is 0.150. The summed E-state index contributed by atoms with van der Waals surface area (Å²) >= 11 is 54.1. The van der Waals surface area contributed by atoms with E-state index < -0.39 is 0 Å². The van der Waals surface area contributed by atoms with Crippen molar-refractivity contribution in [3.63, 3.8) is 0 Å². The van der Waals surface area contributed by atoms with Crippen LogP contribution >= 0.6 is 92.8 Å². The number of rotatable bonds is 9.